The number of hydrogen-bond acceptors (Lipinski definition) is 10. The van der Waals surface area contributed by atoms with Crippen LogP contribution in [0.1, 0.15) is 107 Å². The lowest BCUT2D eigenvalue weighted by atomic mass is 9.98. The number of amides is 4. The standard InChI is InChI=1S/C49H59ClN6O8/c1-28-23-34(24-29(2)43(28)50)63-21-11-15-36-35-13-10-14-37(42-31(4)53-54(9)32(42)5)44(35)55(45(36)48(61)64-49(6,7)8)19-12-20-62-22-18-33-25-38(30(3)39(51)26-33)47(60)56(27-57)40-16-17-41(58)52-46(40)59/h10,13-14,23-27,40H,11-12,15-22,51H2,1-9H3,(H,52,58,59). The highest BCUT2D eigenvalue weighted by Crippen LogP contribution is 2.39. The smallest absolute Gasteiger partial charge is 0.355 e. The number of esters is 1. The van der Waals surface area contributed by atoms with Crippen LogP contribution in [0.5, 0.6) is 5.75 Å². The number of imide groups is 2. The number of benzene rings is 3. The lowest BCUT2D eigenvalue weighted by molar-refractivity contribution is -0.139. The molecule has 0 saturated carbocycles. The number of nitrogens with two attached hydrogens (primary N) is 1. The summed E-state index contributed by atoms with van der Waals surface area (Å²) in [6.07, 6.45) is 2.52. The number of aromatic nitrogens is 3. The predicted molar refractivity (Wildman–Crippen MR) is 247 cm³/mol. The third kappa shape index (κ3) is 10.3. The number of halogens is 1. The molecule has 0 spiro atoms. The molecule has 6 rings (SSSR count). The molecule has 14 nitrogen and oxygen atoms in total. The predicted octanol–water partition coefficient (Wildman–Crippen LogP) is 7.84. The Kier molecular flexibility index (Phi) is 14.7. The zero-order valence-electron chi connectivity index (χ0n) is 38.3. The van der Waals surface area contributed by atoms with E-state index in [1.807, 2.05) is 78.4 Å². The van der Waals surface area contributed by atoms with Crippen LogP contribution < -0.4 is 15.8 Å². The maximum absolute atomic E-state index is 14.4. The second kappa shape index (κ2) is 19.8. The highest BCUT2D eigenvalue weighted by Gasteiger charge is 2.36. The number of rotatable bonds is 17. The summed E-state index contributed by atoms with van der Waals surface area (Å²) < 4.78 is 22.4. The van der Waals surface area contributed by atoms with E-state index < -0.39 is 35.3 Å². The van der Waals surface area contributed by atoms with E-state index in [9.17, 15) is 24.0 Å². The monoisotopic (exact) mass is 894 g/mol. The molecular formula is C49H59ClN6O8. The van der Waals surface area contributed by atoms with Crippen molar-refractivity contribution >= 4 is 58.3 Å². The van der Waals surface area contributed by atoms with E-state index in [-0.39, 0.29) is 18.4 Å². The van der Waals surface area contributed by atoms with Crippen molar-refractivity contribution in [1.82, 2.24) is 24.6 Å². The van der Waals surface area contributed by atoms with E-state index in [2.05, 4.69) is 22.0 Å². The van der Waals surface area contributed by atoms with Crippen LogP contribution in [-0.4, -0.2) is 80.8 Å². The van der Waals surface area contributed by atoms with Crippen LogP contribution in [0.25, 0.3) is 22.0 Å². The minimum atomic E-state index is -1.10. The molecule has 1 aliphatic heterocycles. The Morgan fingerprint density at radius 3 is 2.36 bits per heavy atom. The molecule has 3 heterocycles. The zero-order valence-corrected chi connectivity index (χ0v) is 39.0. The van der Waals surface area contributed by atoms with Gasteiger partial charge in [0.15, 0.2) is 0 Å². The molecule has 1 fully saturated rings. The van der Waals surface area contributed by atoms with E-state index in [0.29, 0.717) is 81.0 Å². The molecule has 64 heavy (non-hydrogen) atoms. The maximum atomic E-state index is 14.4. The molecule has 1 atom stereocenters. The van der Waals surface area contributed by atoms with Crippen molar-refractivity contribution in [3.05, 3.63) is 97.9 Å². The number of nitrogens with one attached hydrogen (secondary N) is 1. The van der Waals surface area contributed by atoms with Crippen LogP contribution in [0.15, 0.2) is 42.5 Å². The average molecular weight is 895 g/mol. The van der Waals surface area contributed by atoms with Crippen molar-refractivity contribution in [2.24, 2.45) is 7.05 Å². The lowest BCUT2D eigenvalue weighted by Gasteiger charge is -2.29. The van der Waals surface area contributed by atoms with Crippen LogP contribution in [-0.2, 0) is 50.3 Å². The van der Waals surface area contributed by atoms with Crippen molar-refractivity contribution < 1.29 is 38.2 Å². The third-order valence-electron chi connectivity index (χ3n) is 11.6. The van der Waals surface area contributed by atoms with Crippen molar-refractivity contribution in [3.63, 3.8) is 0 Å². The third-order valence-corrected chi connectivity index (χ3v) is 12.2. The number of nitrogen functional groups attached to an aromatic ring is 1. The Morgan fingerprint density at radius 2 is 1.72 bits per heavy atom. The zero-order chi connectivity index (χ0) is 46.6. The average Bonchev–Trinajstić information content (AvgIpc) is 3.68. The molecule has 340 valence electrons. The van der Waals surface area contributed by atoms with Crippen LogP contribution in [0.2, 0.25) is 5.02 Å². The van der Waals surface area contributed by atoms with Gasteiger partial charge in [0.1, 0.15) is 23.1 Å². The second-order valence-electron chi connectivity index (χ2n) is 17.5. The van der Waals surface area contributed by atoms with E-state index in [0.717, 1.165) is 65.8 Å². The van der Waals surface area contributed by atoms with Crippen LogP contribution in [0, 0.1) is 34.6 Å². The number of hydrogen-bond donors (Lipinski definition) is 2. The number of aryl methyl sites for hydroxylation is 6. The number of carbonyl (C=O) groups excluding carboxylic acids is 5. The fourth-order valence-corrected chi connectivity index (χ4v) is 8.55. The Morgan fingerprint density at radius 1 is 1.00 bits per heavy atom. The summed E-state index contributed by atoms with van der Waals surface area (Å²) in [5.74, 6) is -1.49. The number of anilines is 1. The first-order valence-corrected chi connectivity index (χ1v) is 22.0. The summed E-state index contributed by atoms with van der Waals surface area (Å²) in [5.41, 5.74) is 15.4. The fraction of sp³-hybridized carbons (Fsp3) is 0.429. The van der Waals surface area contributed by atoms with Crippen molar-refractivity contribution in [1.29, 1.82) is 0 Å². The highest BCUT2D eigenvalue weighted by atomic mass is 35.5. The number of para-hydroxylation sites is 1. The van der Waals surface area contributed by atoms with Gasteiger partial charge in [0.05, 0.1) is 24.4 Å². The maximum Gasteiger partial charge on any atom is 0.355 e. The first-order chi connectivity index (χ1) is 30.3. The summed E-state index contributed by atoms with van der Waals surface area (Å²) in [7, 11) is 1.93. The van der Waals surface area contributed by atoms with E-state index in [1.54, 1.807) is 19.1 Å². The van der Waals surface area contributed by atoms with E-state index in [4.69, 9.17) is 36.6 Å². The van der Waals surface area contributed by atoms with Gasteiger partial charge in [-0.3, -0.25) is 34.1 Å². The summed E-state index contributed by atoms with van der Waals surface area (Å²) in [6.45, 7) is 16.7. The van der Waals surface area contributed by atoms with Gasteiger partial charge in [-0.05, 0) is 140 Å². The van der Waals surface area contributed by atoms with E-state index in [1.165, 1.54) is 0 Å². The topological polar surface area (TPSA) is 177 Å². The molecule has 4 amide bonds. The summed E-state index contributed by atoms with van der Waals surface area (Å²) >= 11 is 6.41. The number of nitrogens with zero attached hydrogens (tertiary/aromatic N) is 4. The largest absolute Gasteiger partial charge is 0.494 e. The van der Waals surface area contributed by atoms with Gasteiger partial charge in [-0.2, -0.15) is 5.10 Å². The van der Waals surface area contributed by atoms with Gasteiger partial charge < -0.3 is 24.5 Å². The van der Waals surface area contributed by atoms with E-state index >= 15 is 0 Å². The molecule has 1 saturated heterocycles. The van der Waals surface area contributed by atoms with Gasteiger partial charge in [0, 0.05) is 65.1 Å². The van der Waals surface area contributed by atoms with Crippen LogP contribution in [0.4, 0.5) is 5.69 Å². The molecule has 1 aliphatic rings. The second-order valence-corrected chi connectivity index (χ2v) is 17.9. The fourth-order valence-electron chi connectivity index (χ4n) is 8.44. The molecule has 0 bridgehead atoms. The summed E-state index contributed by atoms with van der Waals surface area (Å²) in [5, 5.41) is 8.60. The molecule has 1 unspecified atom stereocenters. The summed E-state index contributed by atoms with van der Waals surface area (Å²) in [4.78, 5) is 65.2. The number of ether oxygens (including phenoxy) is 3. The highest BCUT2D eigenvalue weighted by molar-refractivity contribution is 6.32. The molecule has 3 aromatic carbocycles. The Labute approximate surface area is 379 Å². The van der Waals surface area contributed by atoms with Crippen LogP contribution >= 0.6 is 11.6 Å². The molecule has 0 radical (unpaired) electrons. The first-order valence-electron chi connectivity index (χ1n) is 21.7. The van der Waals surface area contributed by atoms with Gasteiger partial charge in [-0.25, -0.2) is 4.79 Å². The lowest BCUT2D eigenvalue weighted by Crippen LogP contribution is -2.54. The number of carbonyl (C=O) groups is 5. The molecule has 0 aliphatic carbocycles. The normalized spacial score (nSPS) is 14.2. The first kappa shape index (κ1) is 47.5. The molecule has 15 heteroatoms. The minimum Gasteiger partial charge on any atom is -0.494 e. The Hall–Kier alpha value is -5.99. The van der Waals surface area contributed by atoms with Gasteiger partial charge in [0.2, 0.25) is 18.2 Å². The van der Waals surface area contributed by atoms with Gasteiger partial charge in [-0.15, -0.1) is 0 Å². The van der Waals surface area contributed by atoms with Crippen molar-refractivity contribution in [2.45, 2.75) is 112 Å². The Bertz CT molecular complexity index is 2600. The molecule has 5 aromatic rings. The van der Waals surface area contributed by atoms with Crippen molar-refractivity contribution in [2.75, 3.05) is 25.6 Å². The van der Waals surface area contributed by atoms with Gasteiger partial charge in [0.25, 0.3) is 5.91 Å². The van der Waals surface area contributed by atoms with Crippen molar-refractivity contribution in [3.8, 4) is 16.9 Å². The van der Waals surface area contributed by atoms with Crippen LogP contribution in [0.3, 0.4) is 0 Å². The minimum absolute atomic E-state index is 0.0163. The Balaban J connectivity index is 1.24. The SMILES string of the molecule is Cc1cc(OCCCc2c(C(=O)OC(C)(C)C)n(CCCOCCc3cc(N)c(C)c(C(=O)N(C=O)C4CCC(=O)NC4=O)c3)c3c(-c4c(C)nn(C)c4C)cccc23)cc(C)c1Cl. The molecular weight excluding hydrogens is 836 g/mol. The number of fused-ring (bicyclic) bond motifs is 1. The van der Waals surface area contributed by atoms with Gasteiger partial charge in [-0.1, -0.05) is 29.8 Å². The number of piperidine rings is 1. The summed E-state index contributed by atoms with van der Waals surface area (Å²) in [6, 6.07) is 12.4. The van der Waals surface area contributed by atoms with Gasteiger partial charge >= 0.3 is 5.97 Å². The molecule has 3 N–H and O–H groups in total. The molecule has 2 aromatic heterocycles. The quantitative estimate of drug-likeness (QED) is 0.0307.